The van der Waals surface area contributed by atoms with E-state index in [4.69, 9.17) is 12.2 Å². The highest BCUT2D eigenvalue weighted by atomic mass is 32.2. The Balaban J connectivity index is 1.57. The van der Waals surface area contributed by atoms with Gasteiger partial charge in [-0.2, -0.15) is 0 Å². The summed E-state index contributed by atoms with van der Waals surface area (Å²) >= 11 is 7.16. The van der Waals surface area contributed by atoms with Gasteiger partial charge in [0.15, 0.2) is 0 Å². The highest BCUT2D eigenvalue weighted by Gasteiger charge is 2.08. The number of thioether (sulfide) groups is 1. The van der Waals surface area contributed by atoms with Crippen molar-refractivity contribution in [1.29, 1.82) is 0 Å². The zero-order chi connectivity index (χ0) is 16.4. The van der Waals surface area contributed by atoms with Crippen LogP contribution in [0.2, 0.25) is 0 Å². The Kier molecular flexibility index (Phi) is 4.24. The number of aromatic nitrogens is 1. The van der Waals surface area contributed by atoms with Gasteiger partial charge >= 0.3 is 0 Å². The van der Waals surface area contributed by atoms with Crippen molar-refractivity contribution in [3.63, 3.8) is 0 Å². The molecule has 0 radical (unpaired) electrons. The topological polar surface area (TPSA) is 27.8 Å². The predicted molar refractivity (Wildman–Crippen MR) is 110 cm³/mol. The molecule has 118 valence electrons. The molecule has 0 saturated heterocycles. The van der Waals surface area contributed by atoms with Crippen molar-refractivity contribution >= 4 is 55.8 Å². The lowest BCUT2D eigenvalue weighted by Gasteiger charge is -2.08. The standard InChI is InChI=1S/C20H16N2S2/c23-20(24-13-14-7-2-1-3-8-14)22-18-12-6-10-16-15-9-4-5-11-17(15)21-19(16)18/h1-12,21H,13H2,(H,22,23). The molecule has 0 fully saturated rings. The number of hydrogen-bond donors (Lipinski definition) is 2. The summed E-state index contributed by atoms with van der Waals surface area (Å²) in [5.41, 5.74) is 4.54. The Hall–Kier alpha value is -2.30. The molecule has 0 unspecified atom stereocenters. The van der Waals surface area contributed by atoms with E-state index < -0.39 is 0 Å². The van der Waals surface area contributed by atoms with Crippen molar-refractivity contribution in [2.24, 2.45) is 0 Å². The second-order valence-electron chi connectivity index (χ2n) is 5.59. The highest BCUT2D eigenvalue weighted by molar-refractivity contribution is 8.22. The van der Waals surface area contributed by atoms with Crippen LogP contribution >= 0.6 is 24.0 Å². The first-order chi connectivity index (χ1) is 11.8. The van der Waals surface area contributed by atoms with Gasteiger partial charge in [-0.05, 0) is 17.7 Å². The Bertz CT molecular complexity index is 1010. The maximum Gasteiger partial charge on any atom is 0.138 e. The largest absolute Gasteiger partial charge is 0.353 e. The molecule has 2 N–H and O–H groups in total. The van der Waals surface area contributed by atoms with E-state index in [1.807, 2.05) is 12.1 Å². The van der Waals surface area contributed by atoms with Crippen LogP contribution in [0, 0.1) is 0 Å². The van der Waals surface area contributed by atoms with E-state index in [1.54, 1.807) is 11.8 Å². The maximum atomic E-state index is 5.52. The molecule has 0 aliphatic heterocycles. The number of thiocarbonyl (C=S) groups is 1. The molecule has 0 spiro atoms. The molecule has 1 heterocycles. The first-order valence-corrected chi connectivity index (χ1v) is 9.18. The van der Waals surface area contributed by atoms with Crippen LogP contribution in [0.15, 0.2) is 72.8 Å². The Labute approximate surface area is 150 Å². The number of H-pyrrole nitrogens is 1. The number of aromatic amines is 1. The Morgan fingerprint density at radius 2 is 1.62 bits per heavy atom. The van der Waals surface area contributed by atoms with Gasteiger partial charge in [0, 0.05) is 22.0 Å². The van der Waals surface area contributed by atoms with Crippen molar-refractivity contribution in [2.45, 2.75) is 5.75 Å². The number of rotatable bonds is 3. The molecule has 4 rings (SSSR count). The molecule has 3 aromatic carbocycles. The molecule has 0 saturated carbocycles. The monoisotopic (exact) mass is 348 g/mol. The van der Waals surface area contributed by atoms with Gasteiger partial charge in [0.1, 0.15) is 4.32 Å². The molecule has 2 nitrogen and oxygen atoms in total. The normalized spacial score (nSPS) is 11.0. The Morgan fingerprint density at radius 1 is 0.875 bits per heavy atom. The average molecular weight is 348 g/mol. The average Bonchev–Trinajstić information content (AvgIpc) is 3.01. The number of nitrogens with one attached hydrogen (secondary N) is 2. The minimum Gasteiger partial charge on any atom is -0.353 e. The van der Waals surface area contributed by atoms with Crippen molar-refractivity contribution in [1.82, 2.24) is 4.98 Å². The fourth-order valence-electron chi connectivity index (χ4n) is 2.85. The maximum absolute atomic E-state index is 5.52. The van der Waals surface area contributed by atoms with E-state index in [1.165, 1.54) is 16.3 Å². The third kappa shape index (κ3) is 3.03. The summed E-state index contributed by atoms with van der Waals surface area (Å²) in [6.45, 7) is 0. The Morgan fingerprint density at radius 3 is 2.50 bits per heavy atom. The third-order valence-electron chi connectivity index (χ3n) is 3.99. The SMILES string of the molecule is S=C(Nc1cccc2c1[nH]c1ccccc12)SCc1ccccc1. The van der Waals surface area contributed by atoms with Gasteiger partial charge < -0.3 is 10.3 Å². The highest BCUT2D eigenvalue weighted by Crippen LogP contribution is 2.30. The van der Waals surface area contributed by atoms with Gasteiger partial charge in [0.25, 0.3) is 0 Å². The van der Waals surface area contributed by atoms with E-state index >= 15 is 0 Å². The summed E-state index contributed by atoms with van der Waals surface area (Å²) in [6.07, 6.45) is 0. The van der Waals surface area contributed by atoms with E-state index in [2.05, 4.69) is 71.0 Å². The van der Waals surface area contributed by atoms with Crippen LogP contribution in [-0.2, 0) is 5.75 Å². The molecule has 4 heteroatoms. The summed E-state index contributed by atoms with van der Waals surface area (Å²) in [6, 6.07) is 25.0. The summed E-state index contributed by atoms with van der Waals surface area (Å²) in [4.78, 5) is 3.49. The molecule has 4 aromatic rings. The lowest BCUT2D eigenvalue weighted by atomic mass is 10.1. The van der Waals surface area contributed by atoms with Crippen LogP contribution in [0.3, 0.4) is 0 Å². The van der Waals surface area contributed by atoms with Gasteiger partial charge in [-0.3, -0.25) is 0 Å². The van der Waals surface area contributed by atoms with Crippen molar-refractivity contribution in [3.05, 3.63) is 78.4 Å². The fraction of sp³-hybridized carbons (Fsp3) is 0.0500. The van der Waals surface area contributed by atoms with Crippen molar-refractivity contribution < 1.29 is 0 Å². The zero-order valence-electron chi connectivity index (χ0n) is 13.0. The third-order valence-corrected chi connectivity index (χ3v) is 5.29. The fourth-order valence-corrected chi connectivity index (χ4v) is 3.81. The molecular formula is C20H16N2S2. The minimum atomic E-state index is 0.782. The lowest BCUT2D eigenvalue weighted by molar-refractivity contribution is 1.42. The summed E-state index contributed by atoms with van der Waals surface area (Å²) in [5, 5.41) is 5.83. The minimum absolute atomic E-state index is 0.782. The number of fused-ring (bicyclic) bond motifs is 3. The molecule has 0 bridgehead atoms. The first kappa shape index (κ1) is 15.2. The zero-order valence-corrected chi connectivity index (χ0v) is 14.6. The van der Waals surface area contributed by atoms with E-state index in [0.29, 0.717) is 0 Å². The van der Waals surface area contributed by atoms with Crippen LogP contribution in [0.1, 0.15) is 5.56 Å². The predicted octanol–water partition coefficient (Wildman–Crippen LogP) is 5.95. The summed E-state index contributed by atoms with van der Waals surface area (Å²) < 4.78 is 0.782. The van der Waals surface area contributed by atoms with Crippen LogP contribution in [0.4, 0.5) is 5.69 Å². The van der Waals surface area contributed by atoms with Crippen LogP contribution in [-0.4, -0.2) is 9.30 Å². The molecule has 0 aliphatic carbocycles. The number of benzene rings is 3. The van der Waals surface area contributed by atoms with E-state index in [-0.39, 0.29) is 0 Å². The van der Waals surface area contributed by atoms with Gasteiger partial charge in [-0.15, -0.1) is 0 Å². The first-order valence-electron chi connectivity index (χ1n) is 7.78. The second-order valence-corrected chi connectivity index (χ2v) is 7.24. The molecule has 24 heavy (non-hydrogen) atoms. The smallest absolute Gasteiger partial charge is 0.138 e. The summed E-state index contributed by atoms with van der Waals surface area (Å²) in [7, 11) is 0. The molecular weight excluding hydrogens is 332 g/mol. The van der Waals surface area contributed by atoms with Crippen molar-refractivity contribution in [2.75, 3.05) is 5.32 Å². The van der Waals surface area contributed by atoms with Crippen LogP contribution < -0.4 is 5.32 Å². The molecule has 0 aliphatic rings. The van der Waals surface area contributed by atoms with Crippen molar-refractivity contribution in [3.8, 4) is 0 Å². The summed E-state index contributed by atoms with van der Waals surface area (Å²) in [5.74, 6) is 0.870. The van der Waals surface area contributed by atoms with Crippen LogP contribution in [0.5, 0.6) is 0 Å². The van der Waals surface area contributed by atoms with Crippen LogP contribution in [0.25, 0.3) is 21.8 Å². The number of para-hydroxylation sites is 2. The lowest BCUT2D eigenvalue weighted by Crippen LogP contribution is -2.05. The van der Waals surface area contributed by atoms with Gasteiger partial charge in [-0.25, -0.2) is 0 Å². The quantitative estimate of drug-likeness (QED) is 0.448. The van der Waals surface area contributed by atoms with Gasteiger partial charge in [0.05, 0.1) is 11.2 Å². The molecule has 0 atom stereocenters. The van der Waals surface area contributed by atoms with Gasteiger partial charge in [0.2, 0.25) is 0 Å². The van der Waals surface area contributed by atoms with E-state index in [0.717, 1.165) is 26.8 Å². The second kappa shape index (κ2) is 6.67. The van der Waals surface area contributed by atoms with Gasteiger partial charge in [-0.1, -0.05) is 84.6 Å². The molecule has 0 amide bonds. The number of anilines is 1. The molecule has 1 aromatic heterocycles. The van der Waals surface area contributed by atoms with E-state index in [9.17, 15) is 0 Å². The number of hydrogen-bond acceptors (Lipinski definition) is 2.